The minimum atomic E-state index is 0.345. The van der Waals surface area contributed by atoms with E-state index in [1.807, 2.05) is 0 Å². The summed E-state index contributed by atoms with van der Waals surface area (Å²) in [7, 11) is 0. The fourth-order valence-corrected chi connectivity index (χ4v) is 2.14. The van der Waals surface area contributed by atoms with Gasteiger partial charge in [-0.15, -0.1) is 0 Å². The van der Waals surface area contributed by atoms with Gasteiger partial charge in [0.1, 0.15) is 11.3 Å². The number of aromatic amines is 1. The Morgan fingerprint density at radius 3 is 3.13 bits per heavy atom. The molecule has 1 unspecified atom stereocenters. The van der Waals surface area contributed by atoms with Crippen LogP contribution >= 0.6 is 0 Å². The maximum Gasteiger partial charge on any atom is 0.160 e. The molecule has 2 aromatic rings. The SMILES string of the molecule is C=C1CCCC1c1ncc2nc[nH]c2n1. The van der Waals surface area contributed by atoms with Crippen molar-refractivity contribution in [2.75, 3.05) is 0 Å². The van der Waals surface area contributed by atoms with Crippen LogP contribution in [0.1, 0.15) is 31.0 Å². The van der Waals surface area contributed by atoms with Gasteiger partial charge in [0.05, 0.1) is 12.5 Å². The van der Waals surface area contributed by atoms with Crippen molar-refractivity contribution < 1.29 is 0 Å². The predicted octanol–water partition coefficient (Wildman–Crippen LogP) is 2.18. The smallest absolute Gasteiger partial charge is 0.160 e. The van der Waals surface area contributed by atoms with E-state index < -0.39 is 0 Å². The molecule has 1 fully saturated rings. The summed E-state index contributed by atoms with van der Waals surface area (Å²) in [5.41, 5.74) is 2.90. The van der Waals surface area contributed by atoms with E-state index in [1.165, 1.54) is 12.0 Å². The monoisotopic (exact) mass is 200 g/mol. The zero-order chi connectivity index (χ0) is 10.3. The van der Waals surface area contributed by atoms with Crippen LogP contribution in [-0.2, 0) is 0 Å². The second kappa shape index (κ2) is 3.15. The van der Waals surface area contributed by atoms with Crippen molar-refractivity contribution in [1.82, 2.24) is 19.9 Å². The first-order valence-corrected chi connectivity index (χ1v) is 5.18. The van der Waals surface area contributed by atoms with Gasteiger partial charge in [0.25, 0.3) is 0 Å². The van der Waals surface area contributed by atoms with E-state index >= 15 is 0 Å². The second-order valence-electron chi connectivity index (χ2n) is 3.97. The van der Waals surface area contributed by atoms with Crippen LogP contribution in [0, 0.1) is 0 Å². The van der Waals surface area contributed by atoms with Gasteiger partial charge in [-0.3, -0.25) is 0 Å². The number of allylic oxidation sites excluding steroid dienone is 1. The Morgan fingerprint density at radius 1 is 1.40 bits per heavy atom. The van der Waals surface area contributed by atoms with Crippen molar-refractivity contribution in [3.8, 4) is 0 Å². The average molecular weight is 200 g/mol. The van der Waals surface area contributed by atoms with Crippen molar-refractivity contribution in [3.63, 3.8) is 0 Å². The number of fused-ring (bicyclic) bond motifs is 1. The molecule has 0 spiro atoms. The van der Waals surface area contributed by atoms with E-state index in [2.05, 4.69) is 26.5 Å². The Hall–Kier alpha value is -1.71. The van der Waals surface area contributed by atoms with E-state index in [0.29, 0.717) is 5.92 Å². The van der Waals surface area contributed by atoms with E-state index in [0.717, 1.165) is 29.8 Å². The topological polar surface area (TPSA) is 54.5 Å². The molecule has 1 saturated carbocycles. The Labute approximate surface area is 87.5 Å². The Balaban J connectivity index is 2.06. The molecule has 0 radical (unpaired) electrons. The maximum atomic E-state index is 4.48. The third-order valence-electron chi connectivity index (χ3n) is 2.99. The number of hydrogen-bond acceptors (Lipinski definition) is 3. The molecule has 76 valence electrons. The van der Waals surface area contributed by atoms with Crippen LogP contribution in [0.3, 0.4) is 0 Å². The molecule has 1 atom stereocenters. The molecule has 2 aromatic heterocycles. The third kappa shape index (κ3) is 1.33. The normalized spacial score (nSPS) is 21.3. The molecule has 4 heteroatoms. The first-order chi connectivity index (χ1) is 7.34. The van der Waals surface area contributed by atoms with Crippen LogP contribution in [0.15, 0.2) is 24.7 Å². The van der Waals surface area contributed by atoms with Crippen LogP contribution in [-0.4, -0.2) is 19.9 Å². The number of H-pyrrole nitrogens is 1. The molecule has 3 rings (SSSR count). The zero-order valence-corrected chi connectivity index (χ0v) is 8.40. The molecule has 1 N–H and O–H groups in total. The number of imidazole rings is 1. The fraction of sp³-hybridized carbons (Fsp3) is 0.364. The number of hydrogen-bond donors (Lipinski definition) is 1. The standard InChI is InChI=1S/C11H12N4/c1-7-3-2-4-8(7)10-12-5-9-11(15-10)14-6-13-9/h5-6,8H,1-4H2,(H,12,13,14,15). The van der Waals surface area contributed by atoms with Crippen LogP contribution in [0.25, 0.3) is 11.2 Å². The van der Waals surface area contributed by atoms with Crippen molar-refractivity contribution in [3.05, 3.63) is 30.5 Å². The lowest BCUT2D eigenvalue weighted by atomic mass is 10.0. The summed E-state index contributed by atoms with van der Waals surface area (Å²) in [5, 5.41) is 0. The van der Waals surface area contributed by atoms with Gasteiger partial charge in [0, 0.05) is 5.92 Å². The molecule has 1 aliphatic rings. The summed E-state index contributed by atoms with van der Waals surface area (Å²) in [4.78, 5) is 15.9. The first-order valence-electron chi connectivity index (χ1n) is 5.18. The zero-order valence-electron chi connectivity index (χ0n) is 8.40. The van der Waals surface area contributed by atoms with Gasteiger partial charge in [0.2, 0.25) is 0 Å². The molecule has 4 nitrogen and oxygen atoms in total. The summed E-state index contributed by atoms with van der Waals surface area (Å²) in [5.74, 6) is 1.23. The molecular formula is C11H12N4. The van der Waals surface area contributed by atoms with E-state index in [-0.39, 0.29) is 0 Å². The number of nitrogens with one attached hydrogen (secondary N) is 1. The lowest BCUT2D eigenvalue weighted by Crippen LogP contribution is -2.01. The molecule has 0 saturated heterocycles. The summed E-state index contributed by atoms with van der Waals surface area (Å²) in [6, 6.07) is 0. The molecule has 0 amide bonds. The van der Waals surface area contributed by atoms with Gasteiger partial charge >= 0.3 is 0 Å². The quantitative estimate of drug-likeness (QED) is 0.718. The van der Waals surface area contributed by atoms with Crippen LogP contribution < -0.4 is 0 Å². The molecule has 1 aliphatic carbocycles. The molecule has 0 bridgehead atoms. The summed E-state index contributed by atoms with van der Waals surface area (Å²) < 4.78 is 0. The predicted molar refractivity (Wildman–Crippen MR) is 57.4 cm³/mol. The molecule has 0 aromatic carbocycles. The fourth-order valence-electron chi connectivity index (χ4n) is 2.14. The maximum absolute atomic E-state index is 4.48. The van der Waals surface area contributed by atoms with Crippen LogP contribution in [0.5, 0.6) is 0 Å². The molecular weight excluding hydrogens is 188 g/mol. The highest BCUT2D eigenvalue weighted by Crippen LogP contribution is 2.36. The van der Waals surface area contributed by atoms with Gasteiger partial charge in [-0.2, -0.15) is 0 Å². The molecule has 2 heterocycles. The van der Waals surface area contributed by atoms with Gasteiger partial charge in [0.15, 0.2) is 5.65 Å². The van der Waals surface area contributed by atoms with Gasteiger partial charge in [-0.1, -0.05) is 12.2 Å². The summed E-state index contributed by atoms with van der Waals surface area (Å²) >= 11 is 0. The summed E-state index contributed by atoms with van der Waals surface area (Å²) in [6.07, 6.45) is 6.85. The van der Waals surface area contributed by atoms with Crippen molar-refractivity contribution in [2.45, 2.75) is 25.2 Å². The molecule has 0 aliphatic heterocycles. The van der Waals surface area contributed by atoms with Crippen LogP contribution in [0.2, 0.25) is 0 Å². The number of nitrogens with zero attached hydrogens (tertiary/aromatic N) is 3. The molecule has 15 heavy (non-hydrogen) atoms. The summed E-state index contributed by atoms with van der Waals surface area (Å²) in [6.45, 7) is 4.07. The van der Waals surface area contributed by atoms with Crippen molar-refractivity contribution in [2.24, 2.45) is 0 Å². The Kier molecular flexibility index (Phi) is 1.80. The lowest BCUT2D eigenvalue weighted by Gasteiger charge is -2.08. The highest BCUT2D eigenvalue weighted by atomic mass is 15.0. The van der Waals surface area contributed by atoms with E-state index in [4.69, 9.17) is 0 Å². The number of aromatic nitrogens is 4. The van der Waals surface area contributed by atoms with Crippen LogP contribution in [0.4, 0.5) is 0 Å². The minimum Gasteiger partial charge on any atom is -0.329 e. The van der Waals surface area contributed by atoms with Crippen molar-refractivity contribution in [1.29, 1.82) is 0 Å². The Morgan fingerprint density at radius 2 is 2.33 bits per heavy atom. The minimum absolute atomic E-state index is 0.345. The van der Waals surface area contributed by atoms with E-state index in [9.17, 15) is 0 Å². The van der Waals surface area contributed by atoms with E-state index in [1.54, 1.807) is 12.5 Å². The third-order valence-corrected chi connectivity index (χ3v) is 2.99. The highest BCUT2D eigenvalue weighted by molar-refractivity contribution is 5.68. The highest BCUT2D eigenvalue weighted by Gasteiger charge is 2.23. The average Bonchev–Trinajstić information content (AvgIpc) is 2.84. The number of rotatable bonds is 1. The van der Waals surface area contributed by atoms with Crippen molar-refractivity contribution >= 4 is 11.2 Å². The Bertz CT molecular complexity index is 514. The first kappa shape index (κ1) is 8.59. The lowest BCUT2D eigenvalue weighted by molar-refractivity contribution is 0.740. The largest absolute Gasteiger partial charge is 0.329 e. The van der Waals surface area contributed by atoms with Gasteiger partial charge in [-0.25, -0.2) is 15.0 Å². The van der Waals surface area contributed by atoms with Gasteiger partial charge < -0.3 is 4.98 Å². The van der Waals surface area contributed by atoms with Gasteiger partial charge in [-0.05, 0) is 19.3 Å². The second-order valence-corrected chi connectivity index (χ2v) is 3.97.